The van der Waals surface area contributed by atoms with Gasteiger partial charge in [-0.15, -0.1) is 0 Å². The molecule has 3 N–H and O–H groups in total. The van der Waals surface area contributed by atoms with E-state index in [2.05, 4.69) is 27.8 Å². The molecule has 2 atom stereocenters. The van der Waals surface area contributed by atoms with Crippen molar-refractivity contribution < 1.29 is 27.1 Å². The Hall–Kier alpha value is -3.91. The van der Waals surface area contributed by atoms with Gasteiger partial charge >= 0.3 is 6.18 Å². The summed E-state index contributed by atoms with van der Waals surface area (Å²) in [5.74, 6) is 5.97. The minimum absolute atomic E-state index is 0.0174. The summed E-state index contributed by atoms with van der Waals surface area (Å²) in [4.78, 5) is 14.2. The molecule has 0 radical (unpaired) electrons. The molecule has 4 rings (SSSR count). The molecule has 1 aliphatic rings. The number of piperidine rings is 1. The van der Waals surface area contributed by atoms with E-state index < -0.39 is 24.9 Å². The number of nitrogens with zero attached hydrogens (tertiary/aromatic N) is 2. The van der Waals surface area contributed by atoms with Crippen LogP contribution >= 0.6 is 0 Å². The number of hydrogen-bond donors (Lipinski definition) is 3. The Bertz CT molecular complexity index is 1440. The maximum Gasteiger partial charge on any atom is 0.406 e. The zero-order chi connectivity index (χ0) is 29.7. The molecule has 11 heteroatoms. The topological polar surface area (TPSA) is 70.6 Å². The predicted molar refractivity (Wildman–Crippen MR) is 153 cm³/mol. The molecule has 2 heterocycles. The number of alkyl halides is 4. The van der Waals surface area contributed by atoms with E-state index >= 15 is 0 Å². The highest BCUT2D eigenvalue weighted by molar-refractivity contribution is 5.95. The standard InChI is InChI=1S/C30H35F4N5O2/c1-19(2)36-29(40)20-10-11-26(28(15-20)41-4)35-13-6-7-21-16-22-24(37-25-12-14-38(3)17-23(25)31)8-5-9-27(22)39(21)18-30(32,33)34/h5,8-11,15-16,19,23,25,35,37H,12-14,17-18H2,1-4H3,(H,36,40). The number of carbonyl (C=O) groups excluding carboxylic acids is 1. The Morgan fingerprint density at radius 2 is 1.95 bits per heavy atom. The third kappa shape index (κ3) is 7.64. The van der Waals surface area contributed by atoms with Gasteiger partial charge in [0.25, 0.3) is 5.91 Å². The van der Waals surface area contributed by atoms with Crippen molar-refractivity contribution >= 4 is 28.2 Å². The molecule has 1 aromatic heterocycles. The Morgan fingerprint density at radius 1 is 1.17 bits per heavy atom. The van der Waals surface area contributed by atoms with E-state index in [0.29, 0.717) is 46.6 Å². The summed E-state index contributed by atoms with van der Waals surface area (Å²) in [5, 5.41) is 9.69. The van der Waals surface area contributed by atoms with Crippen LogP contribution in [0.2, 0.25) is 0 Å². The van der Waals surface area contributed by atoms with Crippen LogP contribution in [0, 0.1) is 11.8 Å². The fraction of sp³-hybridized carbons (Fsp3) is 0.433. The van der Waals surface area contributed by atoms with Gasteiger partial charge in [-0.05, 0) is 69.6 Å². The normalized spacial score (nSPS) is 17.7. The van der Waals surface area contributed by atoms with E-state index in [1.807, 2.05) is 25.8 Å². The van der Waals surface area contributed by atoms with E-state index in [4.69, 9.17) is 4.74 Å². The van der Waals surface area contributed by atoms with Crippen LogP contribution in [0.4, 0.5) is 28.9 Å². The second-order valence-electron chi connectivity index (χ2n) is 10.5. The molecular weight excluding hydrogens is 538 g/mol. The zero-order valence-electron chi connectivity index (χ0n) is 23.5. The van der Waals surface area contributed by atoms with Crippen molar-refractivity contribution in [1.82, 2.24) is 14.8 Å². The second kappa shape index (κ2) is 12.7. The summed E-state index contributed by atoms with van der Waals surface area (Å²) in [6.07, 6.45) is -4.97. The number of methoxy groups -OCH3 is 1. The van der Waals surface area contributed by atoms with Crippen molar-refractivity contribution in [3.05, 3.63) is 53.7 Å². The third-order valence-corrected chi connectivity index (χ3v) is 6.84. The van der Waals surface area contributed by atoms with Gasteiger partial charge in [0.15, 0.2) is 0 Å². The number of fused-ring (bicyclic) bond motifs is 1. The first-order valence-electron chi connectivity index (χ1n) is 13.4. The molecule has 2 unspecified atom stereocenters. The molecule has 0 spiro atoms. The van der Waals surface area contributed by atoms with E-state index in [0.717, 1.165) is 11.1 Å². The number of benzene rings is 2. The number of carbonyl (C=O) groups is 1. The number of aromatic nitrogens is 1. The first kappa shape index (κ1) is 30.1. The third-order valence-electron chi connectivity index (χ3n) is 6.84. The maximum atomic E-state index is 14.7. The number of rotatable bonds is 8. The van der Waals surface area contributed by atoms with Gasteiger partial charge in [0, 0.05) is 35.8 Å². The van der Waals surface area contributed by atoms with Crippen LogP contribution in [0.1, 0.15) is 36.3 Å². The summed E-state index contributed by atoms with van der Waals surface area (Å²) in [6, 6.07) is 11.1. The molecule has 7 nitrogen and oxygen atoms in total. The lowest BCUT2D eigenvalue weighted by Gasteiger charge is -2.33. The Kier molecular flexibility index (Phi) is 9.33. The molecular formula is C30H35F4N5O2. The van der Waals surface area contributed by atoms with Crippen molar-refractivity contribution in [2.24, 2.45) is 0 Å². The Morgan fingerprint density at radius 3 is 2.63 bits per heavy atom. The summed E-state index contributed by atoms with van der Waals surface area (Å²) >= 11 is 0. The van der Waals surface area contributed by atoms with Crippen LogP contribution in [0.25, 0.3) is 10.9 Å². The summed E-state index contributed by atoms with van der Waals surface area (Å²) in [5.41, 5.74) is 2.16. The number of halogens is 4. The molecule has 41 heavy (non-hydrogen) atoms. The lowest BCUT2D eigenvalue weighted by atomic mass is 10.0. The van der Waals surface area contributed by atoms with Crippen molar-refractivity contribution in [1.29, 1.82) is 0 Å². The quantitative estimate of drug-likeness (QED) is 0.253. The van der Waals surface area contributed by atoms with Gasteiger partial charge in [0.05, 0.1) is 36.6 Å². The van der Waals surface area contributed by atoms with Crippen molar-refractivity contribution in [2.45, 2.75) is 51.2 Å². The minimum atomic E-state index is -4.46. The van der Waals surface area contributed by atoms with Crippen LogP contribution in [0.3, 0.4) is 0 Å². The number of likely N-dealkylation sites (tertiary alicyclic amines) is 1. The molecule has 0 bridgehead atoms. The molecule has 1 amide bonds. The van der Waals surface area contributed by atoms with E-state index in [1.54, 1.807) is 42.5 Å². The Labute approximate surface area is 237 Å². The van der Waals surface area contributed by atoms with Crippen LogP contribution in [0.5, 0.6) is 5.75 Å². The monoisotopic (exact) mass is 573 g/mol. The molecule has 220 valence electrons. The number of nitrogens with one attached hydrogen (secondary N) is 3. The fourth-order valence-corrected chi connectivity index (χ4v) is 4.88. The second-order valence-corrected chi connectivity index (χ2v) is 10.5. The van der Waals surface area contributed by atoms with Gasteiger partial charge in [0.2, 0.25) is 0 Å². The summed E-state index contributed by atoms with van der Waals surface area (Å²) in [7, 11) is 3.34. The molecule has 0 aliphatic carbocycles. The molecule has 1 aliphatic heterocycles. The summed E-state index contributed by atoms with van der Waals surface area (Å²) in [6.45, 7) is 3.67. The van der Waals surface area contributed by atoms with Crippen molar-refractivity contribution in [2.75, 3.05) is 44.4 Å². The molecule has 1 fully saturated rings. The highest BCUT2D eigenvalue weighted by Crippen LogP contribution is 2.32. The van der Waals surface area contributed by atoms with Gasteiger partial charge in [-0.2, -0.15) is 13.2 Å². The first-order chi connectivity index (χ1) is 19.4. The predicted octanol–water partition coefficient (Wildman–Crippen LogP) is 5.27. The van der Waals surface area contributed by atoms with Crippen LogP contribution in [-0.4, -0.2) is 73.6 Å². The highest BCUT2D eigenvalue weighted by Gasteiger charge is 2.31. The van der Waals surface area contributed by atoms with E-state index in [-0.39, 0.29) is 24.2 Å². The van der Waals surface area contributed by atoms with Crippen LogP contribution in [-0.2, 0) is 6.54 Å². The molecule has 3 aromatic rings. The van der Waals surface area contributed by atoms with Crippen molar-refractivity contribution in [3.8, 4) is 17.6 Å². The number of amides is 1. The van der Waals surface area contributed by atoms with Crippen molar-refractivity contribution in [3.63, 3.8) is 0 Å². The van der Waals surface area contributed by atoms with Gasteiger partial charge in [-0.1, -0.05) is 12.0 Å². The van der Waals surface area contributed by atoms with Gasteiger partial charge in [-0.3, -0.25) is 4.79 Å². The van der Waals surface area contributed by atoms with E-state index in [1.165, 1.54) is 7.11 Å². The lowest BCUT2D eigenvalue weighted by Crippen LogP contribution is -2.46. The van der Waals surface area contributed by atoms with E-state index in [9.17, 15) is 22.4 Å². The van der Waals surface area contributed by atoms with Crippen LogP contribution < -0.4 is 20.7 Å². The number of anilines is 2. The number of hydrogen-bond acceptors (Lipinski definition) is 5. The Balaban J connectivity index is 1.57. The maximum absolute atomic E-state index is 14.7. The largest absolute Gasteiger partial charge is 0.495 e. The van der Waals surface area contributed by atoms with Gasteiger partial charge < -0.3 is 30.2 Å². The SMILES string of the molecule is COc1cc(C(=O)NC(C)C)ccc1NCC#Cc1cc2c(NC3CCN(C)CC3F)cccc2n1CC(F)(F)F. The minimum Gasteiger partial charge on any atom is -0.495 e. The zero-order valence-corrected chi connectivity index (χ0v) is 23.5. The lowest BCUT2D eigenvalue weighted by molar-refractivity contribution is -0.140. The summed E-state index contributed by atoms with van der Waals surface area (Å²) < 4.78 is 61.9. The first-order valence-corrected chi connectivity index (χ1v) is 13.4. The molecule has 1 saturated heterocycles. The average Bonchev–Trinajstić information content (AvgIpc) is 3.24. The van der Waals surface area contributed by atoms with Gasteiger partial charge in [-0.25, -0.2) is 4.39 Å². The fourth-order valence-electron chi connectivity index (χ4n) is 4.88. The van der Waals surface area contributed by atoms with Gasteiger partial charge in [0.1, 0.15) is 18.5 Å². The van der Waals surface area contributed by atoms with Crippen LogP contribution in [0.15, 0.2) is 42.5 Å². The molecule has 2 aromatic carbocycles. The molecule has 0 saturated carbocycles. The highest BCUT2D eigenvalue weighted by atomic mass is 19.4. The average molecular weight is 574 g/mol. The smallest absolute Gasteiger partial charge is 0.406 e. The number of ether oxygens (including phenoxy) is 1.